The minimum atomic E-state index is -0.399. The van der Waals surface area contributed by atoms with Crippen LogP contribution in [-0.4, -0.2) is 40.8 Å². The van der Waals surface area contributed by atoms with Gasteiger partial charge in [0, 0.05) is 16.2 Å². The molecule has 0 saturated carbocycles. The monoisotopic (exact) mass is 397 g/mol. The van der Waals surface area contributed by atoms with E-state index in [1.54, 1.807) is 20.3 Å². The summed E-state index contributed by atoms with van der Waals surface area (Å²) in [5, 5.41) is 16.4. The maximum Gasteiger partial charge on any atom is 0.272 e. The molecule has 0 radical (unpaired) electrons. The van der Waals surface area contributed by atoms with Gasteiger partial charge in [-0.05, 0) is 28.6 Å². The number of para-hydroxylation sites is 1. The summed E-state index contributed by atoms with van der Waals surface area (Å²) in [5.74, 6) is 1.86. The lowest BCUT2D eigenvalue weighted by Gasteiger charge is -2.09. The van der Waals surface area contributed by atoms with Crippen molar-refractivity contribution in [3.63, 3.8) is 0 Å². The zero-order chi connectivity index (χ0) is 19.5. The number of H-pyrrole nitrogens is 1. The van der Waals surface area contributed by atoms with Crippen molar-refractivity contribution in [1.82, 2.24) is 20.6 Å². The van der Waals surface area contributed by atoms with E-state index in [9.17, 15) is 4.79 Å². The minimum Gasteiger partial charge on any atom is -0.493 e. The predicted molar refractivity (Wildman–Crippen MR) is 104 cm³/mol. The van der Waals surface area contributed by atoms with Crippen molar-refractivity contribution in [3.05, 3.63) is 47.3 Å². The summed E-state index contributed by atoms with van der Waals surface area (Å²) in [6.07, 6.45) is 0. The quantitative estimate of drug-likeness (QED) is 0.512. The molecule has 0 aliphatic rings. The Labute approximate surface area is 163 Å². The third kappa shape index (κ3) is 3.32. The summed E-state index contributed by atoms with van der Waals surface area (Å²) in [4.78, 5) is 13.2. The number of carbonyl (C=O) groups excluding carboxylic acids is 1. The van der Waals surface area contributed by atoms with E-state index >= 15 is 0 Å². The molecule has 0 aliphatic heterocycles. The number of fused-ring (bicyclic) bond motifs is 1. The summed E-state index contributed by atoms with van der Waals surface area (Å²) < 4.78 is 17.6. The fourth-order valence-corrected chi connectivity index (χ4v) is 3.67. The van der Waals surface area contributed by atoms with E-state index in [0.29, 0.717) is 27.9 Å². The molecule has 2 aromatic carbocycles. The third-order valence-electron chi connectivity index (χ3n) is 3.90. The van der Waals surface area contributed by atoms with Gasteiger partial charge in [-0.2, -0.15) is 0 Å². The lowest BCUT2D eigenvalue weighted by molar-refractivity contribution is 0.102. The molecule has 2 heterocycles. The third-order valence-corrected chi connectivity index (χ3v) is 5.03. The van der Waals surface area contributed by atoms with Crippen LogP contribution in [0.25, 0.3) is 10.1 Å². The molecule has 1 amide bonds. The first-order valence-electron chi connectivity index (χ1n) is 8.16. The average molecular weight is 397 g/mol. The Morgan fingerprint density at radius 1 is 1.11 bits per heavy atom. The molecule has 0 saturated heterocycles. The predicted octanol–water partition coefficient (Wildman–Crippen LogP) is 3.48. The second-order valence-electron chi connectivity index (χ2n) is 5.58. The van der Waals surface area contributed by atoms with Gasteiger partial charge in [0.15, 0.2) is 17.2 Å². The number of carbonyl (C=O) groups is 1. The van der Waals surface area contributed by atoms with Gasteiger partial charge in [0.05, 0.1) is 14.2 Å². The first kappa shape index (κ1) is 17.7. The highest BCUT2D eigenvalue weighted by atomic mass is 32.1. The number of benzene rings is 2. The number of tetrazole rings is 1. The van der Waals surface area contributed by atoms with E-state index in [1.807, 2.05) is 36.4 Å². The fourth-order valence-electron chi connectivity index (χ4n) is 2.63. The van der Waals surface area contributed by atoms with Gasteiger partial charge in [0.1, 0.15) is 10.6 Å². The number of nitrogens with one attached hydrogen (secondary N) is 2. The zero-order valence-corrected chi connectivity index (χ0v) is 15.7. The van der Waals surface area contributed by atoms with Crippen LogP contribution in [0.15, 0.2) is 42.5 Å². The number of hydrogen-bond donors (Lipinski definition) is 2. The Morgan fingerprint density at radius 2 is 1.86 bits per heavy atom. The molecule has 0 fully saturated rings. The van der Waals surface area contributed by atoms with Crippen molar-refractivity contribution in [3.8, 4) is 23.0 Å². The molecule has 28 heavy (non-hydrogen) atoms. The maximum absolute atomic E-state index is 12.8. The largest absolute Gasteiger partial charge is 0.493 e. The van der Waals surface area contributed by atoms with E-state index in [2.05, 4.69) is 25.9 Å². The molecule has 2 N–H and O–H groups in total. The number of nitrogens with zero attached hydrogens (tertiary/aromatic N) is 3. The molecule has 2 aromatic heterocycles. The molecule has 4 rings (SSSR count). The number of rotatable bonds is 6. The standard InChI is InChI=1S/C18H15N5O4S/c1-25-12-8-11-14(9-13(12)26-2)28-16(17(24)19-18-20-22-23-21-18)15(11)27-10-6-4-3-5-7-10/h3-9H,1-2H3,(H2,19,20,21,22,23,24). The van der Waals surface area contributed by atoms with Gasteiger partial charge in [0.25, 0.3) is 5.91 Å². The summed E-state index contributed by atoms with van der Waals surface area (Å²) in [5.41, 5.74) is 0. The van der Waals surface area contributed by atoms with Crippen molar-refractivity contribution in [2.24, 2.45) is 0 Å². The molecule has 4 aromatic rings. The van der Waals surface area contributed by atoms with Crippen molar-refractivity contribution in [1.29, 1.82) is 0 Å². The van der Waals surface area contributed by atoms with Gasteiger partial charge in [-0.15, -0.1) is 11.3 Å². The topological polar surface area (TPSA) is 111 Å². The summed E-state index contributed by atoms with van der Waals surface area (Å²) in [6.45, 7) is 0. The van der Waals surface area contributed by atoms with Crippen molar-refractivity contribution < 1.29 is 19.0 Å². The molecule has 9 nitrogen and oxygen atoms in total. The van der Waals surface area contributed by atoms with Crippen LogP contribution >= 0.6 is 11.3 Å². The van der Waals surface area contributed by atoms with Crippen LogP contribution in [0.5, 0.6) is 23.0 Å². The van der Waals surface area contributed by atoms with E-state index in [0.717, 1.165) is 10.1 Å². The van der Waals surface area contributed by atoms with E-state index in [4.69, 9.17) is 14.2 Å². The summed E-state index contributed by atoms with van der Waals surface area (Å²) in [6, 6.07) is 12.8. The van der Waals surface area contributed by atoms with Gasteiger partial charge < -0.3 is 14.2 Å². The van der Waals surface area contributed by atoms with Crippen molar-refractivity contribution in [2.45, 2.75) is 0 Å². The van der Waals surface area contributed by atoms with Crippen LogP contribution < -0.4 is 19.5 Å². The molecule has 142 valence electrons. The lowest BCUT2D eigenvalue weighted by Crippen LogP contribution is -2.12. The number of methoxy groups -OCH3 is 2. The number of aromatic amines is 1. The lowest BCUT2D eigenvalue weighted by atomic mass is 10.2. The molecular weight excluding hydrogens is 382 g/mol. The van der Waals surface area contributed by atoms with Gasteiger partial charge in [-0.3, -0.25) is 10.1 Å². The van der Waals surface area contributed by atoms with Crippen LogP contribution in [0.1, 0.15) is 9.67 Å². The van der Waals surface area contributed by atoms with Gasteiger partial charge in [-0.25, -0.2) is 5.10 Å². The highest BCUT2D eigenvalue weighted by Gasteiger charge is 2.23. The molecule has 0 atom stereocenters. The highest BCUT2D eigenvalue weighted by Crippen LogP contribution is 2.45. The number of amides is 1. The van der Waals surface area contributed by atoms with Crippen LogP contribution in [0.2, 0.25) is 0 Å². The van der Waals surface area contributed by atoms with Crippen molar-refractivity contribution >= 4 is 33.3 Å². The molecule has 10 heteroatoms. The van der Waals surface area contributed by atoms with Gasteiger partial charge in [0.2, 0.25) is 5.95 Å². The number of thiophene rings is 1. The van der Waals surface area contributed by atoms with Gasteiger partial charge >= 0.3 is 0 Å². The Kier molecular flexibility index (Phi) is 4.77. The second kappa shape index (κ2) is 7.53. The SMILES string of the molecule is COc1cc2sc(C(=O)Nc3nnn[nH]3)c(Oc3ccccc3)c2cc1OC. The molecule has 0 aliphatic carbocycles. The Morgan fingerprint density at radius 3 is 2.54 bits per heavy atom. The van der Waals surface area contributed by atoms with E-state index < -0.39 is 5.91 Å². The average Bonchev–Trinajstić information content (AvgIpc) is 3.35. The first-order valence-corrected chi connectivity index (χ1v) is 8.97. The highest BCUT2D eigenvalue weighted by molar-refractivity contribution is 7.21. The van der Waals surface area contributed by atoms with Crippen LogP contribution in [0.3, 0.4) is 0 Å². The number of ether oxygens (including phenoxy) is 3. The molecular formula is C18H15N5O4S. The summed E-state index contributed by atoms with van der Waals surface area (Å²) >= 11 is 1.27. The van der Waals surface area contributed by atoms with Crippen LogP contribution in [0.4, 0.5) is 5.95 Å². The molecule has 0 unspecified atom stereocenters. The van der Waals surface area contributed by atoms with Crippen LogP contribution in [0, 0.1) is 0 Å². The number of anilines is 1. The van der Waals surface area contributed by atoms with Crippen molar-refractivity contribution in [2.75, 3.05) is 19.5 Å². The first-order chi connectivity index (χ1) is 13.7. The zero-order valence-electron chi connectivity index (χ0n) is 14.9. The number of hydrogen-bond acceptors (Lipinski definition) is 8. The Hall–Kier alpha value is -3.66. The van der Waals surface area contributed by atoms with E-state index in [-0.39, 0.29) is 5.95 Å². The number of aromatic nitrogens is 4. The summed E-state index contributed by atoms with van der Waals surface area (Å²) in [7, 11) is 3.11. The minimum absolute atomic E-state index is 0.142. The Bertz CT molecular complexity index is 1110. The van der Waals surface area contributed by atoms with Gasteiger partial charge in [-0.1, -0.05) is 23.3 Å². The second-order valence-corrected chi connectivity index (χ2v) is 6.63. The normalized spacial score (nSPS) is 10.6. The molecule has 0 bridgehead atoms. The smallest absolute Gasteiger partial charge is 0.272 e. The van der Waals surface area contributed by atoms with Crippen LogP contribution in [-0.2, 0) is 0 Å². The Balaban J connectivity index is 1.84. The maximum atomic E-state index is 12.8. The molecule has 0 spiro atoms. The van der Waals surface area contributed by atoms with E-state index in [1.165, 1.54) is 11.3 Å². The fraction of sp³-hybridized carbons (Fsp3) is 0.111.